The summed E-state index contributed by atoms with van der Waals surface area (Å²) in [5.74, 6) is 1.16. The molecular weight excluding hydrogens is 813 g/mol. The number of anilines is 2. The number of hydrogen-bond donors (Lipinski definition) is 6. The average Bonchev–Trinajstić information content (AvgIpc) is 3.53. The van der Waals surface area contributed by atoms with Gasteiger partial charge in [-0.1, -0.05) is 70.8 Å². The number of fused-ring (bicyclic) bond motifs is 2. The Kier molecular flexibility index (Phi) is 14.7. The van der Waals surface area contributed by atoms with Crippen molar-refractivity contribution in [2.75, 3.05) is 36.2 Å². The quantitative estimate of drug-likeness (QED) is 0.134. The van der Waals surface area contributed by atoms with Gasteiger partial charge in [0.1, 0.15) is 24.2 Å². The van der Waals surface area contributed by atoms with Crippen molar-refractivity contribution >= 4 is 75.7 Å². The van der Waals surface area contributed by atoms with Crippen LogP contribution >= 0.6 is 35.7 Å². The van der Waals surface area contributed by atoms with Gasteiger partial charge in [0, 0.05) is 23.1 Å². The van der Waals surface area contributed by atoms with Crippen molar-refractivity contribution < 1.29 is 19.2 Å². The second kappa shape index (κ2) is 19.2. The molecule has 2 aromatic carbocycles. The SMILES string of the molecule is C=C(N[C@H]1CCS[C@H]2CC(C)(C)[C@@H](C(=O)Nc3ccc(CCc4ccc(NC(=O)[C@H]5N6C(=O)[C@@H](NC(=S)[C@H](C)NC)CCS[C@@H]6CC5(C)C)cc4)cc3)N2C1=O)[C@H](C)NC. The van der Waals surface area contributed by atoms with Gasteiger partial charge in [-0.3, -0.25) is 19.2 Å². The number of aryl methyl sites for hydroxylation is 2. The largest absolute Gasteiger partial charge is 0.376 e. The van der Waals surface area contributed by atoms with E-state index in [-0.39, 0.29) is 46.5 Å². The molecule has 0 radical (unpaired) electrons. The lowest BCUT2D eigenvalue weighted by molar-refractivity contribution is -0.140. The number of benzene rings is 2. The van der Waals surface area contributed by atoms with E-state index in [1.165, 1.54) is 0 Å². The summed E-state index contributed by atoms with van der Waals surface area (Å²) in [5.41, 5.74) is 3.60. The maximum atomic E-state index is 14.0. The molecule has 6 N–H and O–H groups in total. The summed E-state index contributed by atoms with van der Waals surface area (Å²) < 4.78 is 0. The van der Waals surface area contributed by atoms with Crippen LogP contribution in [0.1, 0.15) is 78.4 Å². The molecule has 4 fully saturated rings. The Morgan fingerprint density at radius 1 is 0.717 bits per heavy atom. The number of amides is 4. The smallest absolute Gasteiger partial charge is 0.247 e. The zero-order valence-corrected chi connectivity index (χ0v) is 38.8. The van der Waals surface area contributed by atoms with Crippen LogP contribution < -0.4 is 31.9 Å². The molecule has 4 aliphatic heterocycles. The molecule has 4 amide bonds. The number of nitrogens with one attached hydrogen (secondary N) is 6. The third-order valence-electron chi connectivity index (χ3n) is 12.7. The van der Waals surface area contributed by atoms with Gasteiger partial charge in [0.2, 0.25) is 23.6 Å². The molecule has 326 valence electrons. The highest BCUT2D eigenvalue weighted by Crippen LogP contribution is 2.48. The number of thioether (sulfide) groups is 2. The molecular formula is C45H64N8O4S3. The number of carbonyl (C=O) groups is 4. The van der Waals surface area contributed by atoms with Crippen LogP contribution in [-0.2, 0) is 32.0 Å². The number of carbonyl (C=O) groups excluding carboxylic acids is 4. The van der Waals surface area contributed by atoms with E-state index in [1.54, 1.807) is 23.5 Å². The van der Waals surface area contributed by atoms with Crippen LogP contribution in [0.5, 0.6) is 0 Å². The van der Waals surface area contributed by atoms with E-state index >= 15 is 0 Å². The minimum absolute atomic E-state index is 0.00845. The minimum Gasteiger partial charge on any atom is -0.376 e. The molecule has 0 aliphatic carbocycles. The van der Waals surface area contributed by atoms with Gasteiger partial charge >= 0.3 is 0 Å². The van der Waals surface area contributed by atoms with Gasteiger partial charge in [0.15, 0.2) is 0 Å². The van der Waals surface area contributed by atoms with Crippen molar-refractivity contribution in [3.63, 3.8) is 0 Å². The predicted octanol–water partition coefficient (Wildman–Crippen LogP) is 5.50. The molecule has 0 bridgehead atoms. The Hall–Kier alpha value is -3.63. The molecule has 0 spiro atoms. The molecule has 4 aliphatic rings. The van der Waals surface area contributed by atoms with E-state index in [4.69, 9.17) is 12.2 Å². The monoisotopic (exact) mass is 876 g/mol. The highest BCUT2D eigenvalue weighted by Gasteiger charge is 2.55. The van der Waals surface area contributed by atoms with Crippen molar-refractivity contribution in [2.45, 2.75) is 127 Å². The Balaban J connectivity index is 1.04. The summed E-state index contributed by atoms with van der Waals surface area (Å²) in [6.45, 7) is 16.4. The molecule has 2 aromatic rings. The Morgan fingerprint density at radius 2 is 1.12 bits per heavy atom. The van der Waals surface area contributed by atoms with Crippen molar-refractivity contribution in [2.24, 2.45) is 10.8 Å². The summed E-state index contributed by atoms with van der Waals surface area (Å²) in [7, 11) is 3.70. The van der Waals surface area contributed by atoms with Crippen LogP contribution in [-0.4, -0.2) is 111 Å². The van der Waals surface area contributed by atoms with Crippen LogP contribution in [0.25, 0.3) is 0 Å². The molecule has 60 heavy (non-hydrogen) atoms. The van der Waals surface area contributed by atoms with Gasteiger partial charge < -0.3 is 41.7 Å². The molecule has 4 saturated heterocycles. The van der Waals surface area contributed by atoms with Gasteiger partial charge in [0.25, 0.3) is 0 Å². The Bertz CT molecular complexity index is 1790. The first-order valence-electron chi connectivity index (χ1n) is 21.2. The highest BCUT2D eigenvalue weighted by atomic mass is 32.2. The third kappa shape index (κ3) is 10.2. The number of rotatable bonds is 14. The van der Waals surface area contributed by atoms with Gasteiger partial charge in [-0.2, -0.15) is 0 Å². The van der Waals surface area contributed by atoms with E-state index in [1.807, 2.05) is 86.3 Å². The molecule has 0 aromatic heterocycles. The van der Waals surface area contributed by atoms with Crippen molar-refractivity contribution in [1.29, 1.82) is 0 Å². The first-order valence-corrected chi connectivity index (χ1v) is 23.7. The number of likely N-dealkylation sites (N-methyl/N-ethyl adjacent to an activating group) is 2. The van der Waals surface area contributed by atoms with Crippen LogP contribution in [0.4, 0.5) is 11.4 Å². The summed E-state index contributed by atoms with van der Waals surface area (Å²) in [6.07, 6.45) is 4.40. The minimum atomic E-state index is -0.613. The molecule has 6 rings (SSSR count). The maximum absolute atomic E-state index is 14.0. The lowest BCUT2D eigenvalue weighted by Gasteiger charge is -2.34. The molecule has 12 nitrogen and oxygen atoms in total. The lowest BCUT2D eigenvalue weighted by atomic mass is 9.84. The van der Waals surface area contributed by atoms with Crippen LogP contribution in [0, 0.1) is 10.8 Å². The maximum Gasteiger partial charge on any atom is 0.247 e. The number of thiocarbonyl (C=S) groups is 1. The van der Waals surface area contributed by atoms with Crippen LogP contribution in [0.2, 0.25) is 0 Å². The van der Waals surface area contributed by atoms with Crippen LogP contribution in [0.15, 0.2) is 60.8 Å². The van der Waals surface area contributed by atoms with Crippen molar-refractivity contribution in [3.05, 3.63) is 71.9 Å². The molecule has 4 heterocycles. The average molecular weight is 877 g/mol. The van der Waals surface area contributed by atoms with Gasteiger partial charge in [0.05, 0.1) is 21.8 Å². The van der Waals surface area contributed by atoms with Crippen molar-refractivity contribution in [1.82, 2.24) is 31.1 Å². The second-order valence-electron chi connectivity index (χ2n) is 18.1. The number of nitrogens with zero attached hydrogens (tertiary/aromatic N) is 2. The number of hydrogen-bond acceptors (Lipinski definition) is 10. The van der Waals surface area contributed by atoms with Gasteiger partial charge in [-0.05, 0) is 124 Å². The zero-order valence-electron chi connectivity index (χ0n) is 36.4. The van der Waals surface area contributed by atoms with E-state index < -0.39 is 35.0 Å². The zero-order chi connectivity index (χ0) is 43.5. The van der Waals surface area contributed by atoms with E-state index in [9.17, 15) is 19.2 Å². The molecule has 0 unspecified atom stereocenters. The second-order valence-corrected chi connectivity index (χ2v) is 21.1. The molecule has 0 saturated carbocycles. The Morgan fingerprint density at radius 3 is 1.52 bits per heavy atom. The summed E-state index contributed by atoms with van der Waals surface area (Å²) in [6, 6.07) is 13.6. The molecule has 8 atom stereocenters. The fourth-order valence-electron chi connectivity index (χ4n) is 8.87. The normalized spacial score (nSPS) is 26.8. The van der Waals surface area contributed by atoms with E-state index in [2.05, 4.69) is 66.2 Å². The molecule has 15 heteroatoms. The van der Waals surface area contributed by atoms with E-state index in [0.29, 0.717) is 29.2 Å². The topological polar surface area (TPSA) is 147 Å². The fourth-order valence-corrected chi connectivity index (χ4v) is 12.3. The lowest BCUT2D eigenvalue weighted by Crippen LogP contribution is -2.56. The summed E-state index contributed by atoms with van der Waals surface area (Å²) in [4.78, 5) is 60.2. The summed E-state index contributed by atoms with van der Waals surface area (Å²) >= 11 is 9.06. The van der Waals surface area contributed by atoms with Crippen molar-refractivity contribution in [3.8, 4) is 0 Å². The summed E-state index contributed by atoms with van der Waals surface area (Å²) in [5, 5.41) is 19.1. The third-order valence-corrected chi connectivity index (χ3v) is 15.7. The first-order chi connectivity index (χ1) is 28.4. The first kappa shape index (κ1) is 45.9. The fraction of sp³-hybridized carbons (Fsp3) is 0.578. The Labute approximate surface area is 370 Å². The van der Waals surface area contributed by atoms with E-state index in [0.717, 1.165) is 54.0 Å². The standard InChI is InChI=1S/C45H64N8O4S3/c1-26(46-8)27(2)48-33-20-22-59-35-24-44(4,5)37(52(35)42(33)56)39(54)49-31-16-12-29(13-17-31)10-11-30-14-18-32(19-15-30)50-40(55)38-45(6,7)25-36-53(38)43(57)34(21-23-60-36)51-41(58)28(3)47-9/h12-19,26,28,33-38,46-48H,2,10-11,20-25H2,1,3-9H3,(H,49,54)(H,50,55)(H,51,58)/t26-,28-,33-,34-,35-,36+,37+,38+/m0/s1. The highest BCUT2D eigenvalue weighted by molar-refractivity contribution is 8.00. The van der Waals surface area contributed by atoms with Gasteiger partial charge in [-0.25, -0.2) is 0 Å². The predicted molar refractivity (Wildman–Crippen MR) is 250 cm³/mol. The van der Waals surface area contributed by atoms with Gasteiger partial charge in [-0.15, -0.1) is 23.5 Å². The van der Waals surface area contributed by atoms with Crippen LogP contribution in [0.3, 0.4) is 0 Å².